The molecule has 0 spiro atoms. The van der Waals surface area contributed by atoms with Crippen LogP contribution in [-0.2, 0) is 19.2 Å². The zero-order valence-corrected chi connectivity index (χ0v) is 9.54. The fourth-order valence-corrected chi connectivity index (χ4v) is 1.51. The van der Waals surface area contributed by atoms with E-state index in [0.717, 1.165) is 0 Å². The summed E-state index contributed by atoms with van der Waals surface area (Å²) in [4.78, 5) is 26.7. The summed E-state index contributed by atoms with van der Waals surface area (Å²) in [7, 11) is 0. The van der Waals surface area contributed by atoms with E-state index in [-0.39, 0.29) is 5.91 Å². The molecule has 0 saturated carbocycles. The molecule has 98 valence electrons. The second-order valence-electron chi connectivity index (χ2n) is 3.70. The largest absolute Gasteiger partial charge is 0.456 e. The number of hydrogen-bond acceptors (Lipinski definition) is 7. The Balaban J connectivity index is 2.75. The molecule has 1 amide bonds. The minimum Gasteiger partial charge on any atom is -0.456 e. The van der Waals surface area contributed by atoms with Crippen LogP contribution in [0.2, 0.25) is 0 Å². The Morgan fingerprint density at radius 3 is 2.59 bits per heavy atom. The van der Waals surface area contributed by atoms with Crippen LogP contribution >= 0.6 is 0 Å². The number of amides is 1. The van der Waals surface area contributed by atoms with E-state index < -0.39 is 37.1 Å². The number of ether oxygens (including phenoxy) is 1. The zero-order chi connectivity index (χ0) is 13.0. The molecule has 0 aliphatic carbocycles. The predicted octanol–water partition coefficient (Wildman–Crippen LogP) is -2.36. The quantitative estimate of drug-likeness (QED) is 0.413. The van der Waals surface area contributed by atoms with Crippen LogP contribution in [0.5, 0.6) is 0 Å². The van der Waals surface area contributed by atoms with Crippen LogP contribution in [0.25, 0.3) is 0 Å². The Labute approximate surface area is 97.8 Å². The van der Waals surface area contributed by atoms with Crippen molar-refractivity contribution in [1.82, 2.24) is 10.8 Å². The van der Waals surface area contributed by atoms with E-state index in [0.29, 0.717) is 0 Å². The van der Waals surface area contributed by atoms with Gasteiger partial charge in [0.25, 0.3) is 0 Å². The highest BCUT2D eigenvalue weighted by Gasteiger charge is 2.42. The van der Waals surface area contributed by atoms with Crippen LogP contribution in [-0.4, -0.2) is 53.2 Å². The molecule has 4 atom stereocenters. The molecule has 0 aromatic rings. The number of hydroxylamine groups is 1. The van der Waals surface area contributed by atoms with Crippen LogP contribution in [0.15, 0.2) is 0 Å². The summed E-state index contributed by atoms with van der Waals surface area (Å²) in [5.41, 5.74) is 2.41. The monoisotopic (exact) mass is 248 g/mol. The molecule has 0 aromatic heterocycles. The highest BCUT2D eigenvalue weighted by Crippen LogP contribution is 2.15. The van der Waals surface area contributed by atoms with E-state index in [1.807, 2.05) is 0 Å². The first-order valence-corrected chi connectivity index (χ1v) is 5.10. The van der Waals surface area contributed by atoms with Crippen molar-refractivity contribution in [2.45, 2.75) is 38.3 Å². The maximum Gasteiger partial charge on any atom is 0.303 e. The second kappa shape index (κ2) is 5.92. The van der Waals surface area contributed by atoms with Crippen molar-refractivity contribution >= 4 is 11.9 Å². The van der Waals surface area contributed by atoms with Crippen molar-refractivity contribution in [3.05, 3.63) is 0 Å². The summed E-state index contributed by atoms with van der Waals surface area (Å²) < 4.78 is 4.89. The van der Waals surface area contributed by atoms with Gasteiger partial charge >= 0.3 is 5.97 Å². The molecule has 1 heterocycles. The Bertz CT molecular complexity index is 297. The second-order valence-corrected chi connectivity index (χ2v) is 3.70. The highest BCUT2D eigenvalue weighted by molar-refractivity contribution is 5.73. The molecule has 0 bridgehead atoms. The van der Waals surface area contributed by atoms with Crippen LogP contribution in [0.1, 0.15) is 13.8 Å². The first kappa shape index (κ1) is 13.8. The summed E-state index contributed by atoms with van der Waals surface area (Å²) in [5.74, 6) is -0.984. The van der Waals surface area contributed by atoms with E-state index >= 15 is 0 Å². The maximum absolute atomic E-state index is 10.9. The number of carbonyl (C=O) groups excluding carboxylic acids is 2. The SMILES string of the molecule is CC(=O)NC1NOC(CO)C(O)C1OC(C)=O. The van der Waals surface area contributed by atoms with Gasteiger partial charge < -0.3 is 20.3 Å². The van der Waals surface area contributed by atoms with E-state index in [1.165, 1.54) is 13.8 Å². The highest BCUT2D eigenvalue weighted by atomic mass is 16.7. The molecular weight excluding hydrogens is 232 g/mol. The lowest BCUT2D eigenvalue weighted by Crippen LogP contribution is -2.66. The van der Waals surface area contributed by atoms with Crippen LogP contribution in [0.3, 0.4) is 0 Å². The summed E-state index contributed by atoms with van der Waals surface area (Å²) in [6.45, 7) is 2.01. The van der Waals surface area contributed by atoms with Crippen molar-refractivity contribution < 1.29 is 29.4 Å². The van der Waals surface area contributed by atoms with Crippen molar-refractivity contribution in [2.75, 3.05) is 6.61 Å². The lowest BCUT2D eigenvalue weighted by atomic mass is 10.0. The number of aliphatic hydroxyl groups is 2. The fourth-order valence-electron chi connectivity index (χ4n) is 1.51. The minimum absolute atomic E-state index is 0.377. The summed E-state index contributed by atoms with van der Waals surface area (Å²) in [5, 5.41) is 21.2. The number of esters is 1. The molecule has 1 aliphatic heterocycles. The normalized spacial score (nSPS) is 32.9. The van der Waals surface area contributed by atoms with Gasteiger partial charge in [-0.05, 0) is 0 Å². The van der Waals surface area contributed by atoms with Gasteiger partial charge in [-0.2, -0.15) is 5.48 Å². The maximum atomic E-state index is 10.9. The first-order chi connectivity index (χ1) is 7.95. The average Bonchev–Trinajstić information content (AvgIpc) is 2.22. The van der Waals surface area contributed by atoms with Crippen molar-refractivity contribution in [3.8, 4) is 0 Å². The first-order valence-electron chi connectivity index (χ1n) is 5.10. The number of nitrogens with one attached hydrogen (secondary N) is 2. The van der Waals surface area contributed by atoms with Crippen LogP contribution in [0, 0.1) is 0 Å². The summed E-state index contributed by atoms with van der Waals surface area (Å²) in [6.07, 6.45) is -4.05. The molecule has 0 aromatic carbocycles. The molecule has 0 radical (unpaired) electrons. The van der Waals surface area contributed by atoms with Crippen LogP contribution < -0.4 is 10.8 Å². The van der Waals surface area contributed by atoms with Gasteiger partial charge in [-0.15, -0.1) is 0 Å². The summed E-state index contributed by atoms with van der Waals surface area (Å²) >= 11 is 0. The molecule has 17 heavy (non-hydrogen) atoms. The number of hydrogen-bond donors (Lipinski definition) is 4. The lowest BCUT2D eigenvalue weighted by molar-refractivity contribution is -0.219. The topological polar surface area (TPSA) is 117 Å². The third kappa shape index (κ3) is 3.63. The van der Waals surface area contributed by atoms with Crippen molar-refractivity contribution in [3.63, 3.8) is 0 Å². The fraction of sp³-hybridized carbons (Fsp3) is 0.778. The molecule has 1 rings (SSSR count). The smallest absolute Gasteiger partial charge is 0.303 e. The zero-order valence-electron chi connectivity index (χ0n) is 9.54. The van der Waals surface area contributed by atoms with Gasteiger partial charge in [-0.3, -0.25) is 14.4 Å². The predicted molar refractivity (Wildman–Crippen MR) is 54.3 cm³/mol. The average molecular weight is 248 g/mol. The van der Waals surface area contributed by atoms with Gasteiger partial charge in [0.15, 0.2) is 6.10 Å². The standard InChI is InChI=1S/C9H16N2O6/c1-4(13)10-9-8(16-5(2)14)7(15)6(3-12)17-11-9/h6-9,11-12,15H,3H2,1-2H3,(H,10,13). The van der Waals surface area contributed by atoms with E-state index in [4.69, 9.17) is 14.7 Å². The van der Waals surface area contributed by atoms with Gasteiger partial charge in [0.05, 0.1) is 6.61 Å². The molecule has 1 aliphatic rings. The van der Waals surface area contributed by atoms with Gasteiger partial charge in [-0.25, -0.2) is 0 Å². The van der Waals surface area contributed by atoms with Gasteiger partial charge in [0.2, 0.25) is 5.91 Å². The van der Waals surface area contributed by atoms with Gasteiger partial charge in [-0.1, -0.05) is 0 Å². The molecule has 8 heteroatoms. The van der Waals surface area contributed by atoms with Gasteiger partial charge in [0, 0.05) is 13.8 Å². The Morgan fingerprint density at radius 2 is 2.12 bits per heavy atom. The number of carbonyl (C=O) groups is 2. The molecule has 4 unspecified atom stereocenters. The number of rotatable bonds is 3. The van der Waals surface area contributed by atoms with Crippen molar-refractivity contribution in [2.24, 2.45) is 0 Å². The lowest BCUT2D eigenvalue weighted by Gasteiger charge is -2.39. The van der Waals surface area contributed by atoms with Crippen LogP contribution in [0.4, 0.5) is 0 Å². The van der Waals surface area contributed by atoms with Crippen molar-refractivity contribution in [1.29, 1.82) is 0 Å². The van der Waals surface area contributed by atoms with E-state index in [1.54, 1.807) is 0 Å². The Kier molecular flexibility index (Phi) is 4.82. The molecule has 1 saturated heterocycles. The molecular formula is C9H16N2O6. The molecule has 4 N–H and O–H groups in total. The van der Waals surface area contributed by atoms with E-state index in [2.05, 4.69) is 10.8 Å². The Morgan fingerprint density at radius 1 is 1.47 bits per heavy atom. The summed E-state index contributed by atoms with van der Waals surface area (Å²) in [6, 6.07) is 0. The third-order valence-electron chi connectivity index (χ3n) is 2.23. The third-order valence-corrected chi connectivity index (χ3v) is 2.23. The number of aliphatic hydroxyl groups excluding tert-OH is 2. The molecule has 8 nitrogen and oxygen atoms in total. The Hall–Kier alpha value is -1.22. The van der Waals surface area contributed by atoms with Gasteiger partial charge in [0.1, 0.15) is 18.4 Å². The minimum atomic E-state index is -1.23. The van der Waals surface area contributed by atoms with E-state index in [9.17, 15) is 14.7 Å². The molecule has 1 fully saturated rings.